The SMILES string of the molecule is C=C1C=C2CN(Cc3ccccc3Cl)CCN2C(F)=C1CC. The fourth-order valence-electron chi connectivity index (χ4n) is 3.09. The fraction of sp³-hybridized carbons (Fsp3) is 0.333. The number of hydrogen-bond acceptors (Lipinski definition) is 2. The molecule has 0 saturated carbocycles. The summed E-state index contributed by atoms with van der Waals surface area (Å²) in [4.78, 5) is 4.08. The molecule has 0 amide bonds. The van der Waals surface area contributed by atoms with Crippen LogP contribution in [0.3, 0.4) is 0 Å². The highest BCUT2D eigenvalue weighted by atomic mass is 35.5. The number of halogens is 2. The fourth-order valence-corrected chi connectivity index (χ4v) is 3.28. The van der Waals surface area contributed by atoms with Gasteiger partial charge in [0.1, 0.15) is 0 Å². The van der Waals surface area contributed by atoms with Gasteiger partial charge in [-0.15, -0.1) is 0 Å². The highest BCUT2D eigenvalue weighted by Gasteiger charge is 2.29. The van der Waals surface area contributed by atoms with Crippen molar-refractivity contribution in [2.75, 3.05) is 19.6 Å². The van der Waals surface area contributed by atoms with E-state index in [0.717, 1.165) is 40.5 Å². The summed E-state index contributed by atoms with van der Waals surface area (Å²) in [6.07, 6.45) is 2.69. The molecule has 0 unspecified atom stereocenters. The van der Waals surface area contributed by atoms with Crippen LogP contribution in [0.15, 0.2) is 59.7 Å². The molecule has 0 aliphatic carbocycles. The standard InChI is InChI=1S/C18H20ClFN2/c1-3-16-13(2)10-15-12-21(8-9-22(15)18(16)20)11-14-6-4-5-7-17(14)19/h4-7,10H,2-3,8-9,11-12H2,1H3. The van der Waals surface area contributed by atoms with Crippen LogP contribution >= 0.6 is 11.6 Å². The molecule has 116 valence electrons. The van der Waals surface area contributed by atoms with Crippen LogP contribution in [0.25, 0.3) is 0 Å². The highest BCUT2D eigenvalue weighted by molar-refractivity contribution is 6.31. The van der Waals surface area contributed by atoms with Crippen molar-refractivity contribution in [2.24, 2.45) is 0 Å². The largest absolute Gasteiger partial charge is 0.319 e. The lowest BCUT2D eigenvalue weighted by Crippen LogP contribution is -2.44. The zero-order valence-electron chi connectivity index (χ0n) is 12.8. The van der Waals surface area contributed by atoms with E-state index in [1.165, 1.54) is 0 Å². The third-order valence-electron chi connectivity index (χ3n) is 4.29. The van der Waals surface area contributed by atoms with Gasteiger partial charge in [0.25, 0.3) is 0 Å². The van der Waals surface area contributed by atoms with Crippen LogP contribution in [-0.2, 0) is 6.54 Å². The first-order chi connectivity index (χ1) is 10.6. The molecule has 22 heavy (non-hydrogen) atoms. The Labute approximate surface area is 136 Å². The van der Waals surface area contributed by atoms with E-state index < -0.39 is 0 Å². The van der Waals surface area contributed by atoms with Crippen LogP contribution in [0.2, 0.25) is 5.02 Å². The van der Waals surface area contributed by atoms with Gasteiger partial charge in [-0.1, -0.05) is 43.3 Å². The molecule has 0 N–H and O–H groups in total. The van der Waals surface area contributed by atoms with Crippen LogP contribution in [0.1, 0.15) is 18.9 Å². The minimum absolute atomic E-state index is 0.123. The van der Waals surface area contributed by atoms with E-state index in [1.54, 1.807) is 4.90 Å². The molecule has 1 fully saturated rings. The third kappa shape index (κ3) is 2.83. The molecule has 0 atom stereocenters. The summed E-state index contributed by atoms with van der Waals surface area (Å²) in [5, 5.41) is 0.784. The van der Waals surface area contributed by atoms with Gasteiger partial charge < -0.3 is 4.90 Å². The third-order valence-corrected chi connectivity index (χ3v) is 4.66. The molecule has 0 radical (unpaired) electrons. The molecule has 2 aliphatic heterocycles. The Morgan fingerprint density at radius 2 is 2.05 bits per heavy atom. The van der Waals surface area contributed by atoms with E-state index in [1.807, 2.05) is 37.3 Å². The van der Waals surface area contributed by atoms with Crippen molar-refractivity contribution in [3.8, 4) is 0 Å². The number of allylic oxidation sites excluding steroid dienone is 3. The molecular formula is C18H20ClFN2. The van der Waals surface area contributed by atoms with E-state index in [-0.39, 0.29) is 5.95 Å². The van der Waals surface area contributed by atoms with Gasteiger partial charge >= 0.3 is 0 Å². The van der Waals surface area contributed by atoms with Crippen molar-refractivity contribution in [2.45, 2.75) is 19.9 Å². The van der Waals surface area contributed by atoms with Gasteiger partial charge in [0, 0.05) is 42.5 Å². The summed E-state index contributed by atoms with van der Waals surface area (Å²) in [5.74, 6) is -0.123. The van der Waals surface area contributed by atoms with Gasteiger partial charge in [-0.3, -0.25) is 4.90 Å². The zero-order chi connectivity index (χ0) is 15.7. The second kappa shape index (κ2) is 6.27. The predicted octanol–water partition coefficient (Wildman–Crippen LogP) is 4.50. The minimum atomic E-state index is -0.123. The Kier molecular flexibility index (Phi) is 4.37. The molecule has 1 aromatic rings. The van der Waals surface area contributed by atoms with Gasteiger partial charge in [-0.05, 0) is 29.7 Å². The maximum absolute atomic E-state index is 14.5. The number of hydrogen-bond donors (Lipinski definition) is 0. The van der Waals surface area contributed by atoms with E-state index in [2.05, 4.69) is 11.5 Å². The normalized spacial score (nSPS) is 19.3. The molecule has 2 heterocycles. The lowest BCUT2D eigenvalue weighted by Gasteiger charge is -2.40. The smallest absolute Gasteiger partial charge is 0.197 e. The first-order valence-corrected chi connectivity index (χ1v) is 7.99. The first-order valence-electron chi connectivity index (χ1n) is 7.62. The van der Waals surface area contributed by atoms with Crippen molar-refractivity contribution >= 4 is 11.6 Å². The minimum Gasteiger partial charge on any atom is -0.319 e. The van der Waals surface area contributed by atoms with Gasteiger partial charge in [0.2, 0.25) is 0 Å². The average Bonchev–Trinajstić information content (AvgIpc) is 2.50. The molecule has 0 spiro atoms. The summed E-state index contributed by atoms with van der Waals surface area (Å²) in [6, 6.07) is 7.88. The van der Waals surface area contributed by atoms with Gasteiger partial charge in [0.15, 0.2) is 5.95 Å². The van der Waals surface area contributed by atoms with Crippen molar-refractivity contribution < 1.29 is 4.39 Å². The summed E-state index contributed by atoms with van der Waals surface area (Å²) in [5.41, 5.74) is 3.62. The molecule has 0 aromatic heterocycles. The van der Waals surface area contributed by atoms with Crippen LogP contribution < -0.4 is 0 Å². The lowest BCUT2D eigenvalue weighted by molar-refractivity contribution is 0.169. The molecule has 0 bridgehead atoms. The number of benzene rings is 1. The maximum atomic E-state index is 14.5. The van der Waals surface area contributed by atoms with Gasteiger partial charge in [-0.2, -0.15) is 4.39 Å². The monoisotopic (exact) mass is 318 g/mol. The predicted molar refractivity (Wildman–Crippen MR) is 89.1 cm³/mol. The Morgan fingerprint density at radius 1 is 1.27 bits per heavy atom. The average molecular weight is 319 g/mol. The number of nitrogens with zero attached hydrogens (tertiary/aromatic N) is 2. The second-order valence-corrected chi connectivity index (χ2v) is 6.14. The zero-order valence-corrected chi connectivity index (χ0v) is 13.5. The summed E-state index contributed by atoms with van der Waals surface area (Å²) >= 11 is 6.23. The molecule has 4 heteroatoms. The first kappa shape index (κ1) is 15.3. The van der Waals surface area contributed by atoms with Crippen molar-refractivity contribution in [3.63, 3.8) is 0 Å². The lowest BCUT2D eigenvalue weighted by atomic mass is 9.99. The Balaban J connectivity index is 1.75. The molecule has 1 aromatic carbocycles. The van der Waals surface area contributed by atoms with Gasteiger partial charge in [-0.25, -0.2) is 0 Å². The summed E-state index contributed by atoms with van der Waals surface area (Å²) in [7, 11) is 0. The maximum Gasteiger partial charge on any atom is 0.197 e. The summed E-state index contributed by atoms with van der Waals surface area (Å²) < 4.78 is 14.5. The van der Waals surface area contributed by atoms with Crippen LogP contribution in [0.5, 0.6) is 0 Å². The molecule has 1 saturated heterocycles. The van der Waals surface area contributed by atoms with Crippen LogP contribution in [-0.4, -0.2) is 29.4 Å². The molecular weight excluding hydrogens is 299 g/mol. The topological polar surface area (TPSA) is 6.48 Å². The van der Waals surface area contributed by atoms with Crippen molar-refractivity contribution in [3.05, 3.63) is 70.3 Å². The molecule has 2 aliphatic rings. The Morgan fingerprint density at radius 3 is 2.77 bits per heavy atom. The number of piperazine rings is 1. The van der Waals surface area contributed by atoms with Crippen molar-refractivity contribution in [1.29, 1.82) is 0 Å². The van der Waals surface area contributed by atoms with Gasteiger partial charge in [0.05, 0.1) is 0 Å². The Hall–Kier alpha value is -1.58. The van der Waals surface area contributed by atoms with E-state index >= 15 is 0 Å². The van der Waals surface area contributed by atoms with E-state index in [0.29, 0.717) is 19.5 Å². The molecule has 2 nitrogen and oxygen atoms in total. The number of rotatable bonds is 3. The van der Waals surface area contributed by atoms with Crippen LogP contribution in [0.4, 0.5) is 4.39 Å². The molecule has 3 rings (SSSR count). The number of fused-ring (bicyclic) bond motifs is 1. The second-order valence-electron chi connectivity index (χ2n) is 5.74. The van der Waals surface area contributed by atoms with Crippen LogP contribution in [0, 0.1) is 0 Å². The summed E-state index contributed by atoms with van der Waals surface area (Å²) in [6.45, 7) is 8.94. The van der Waals surface area contributed by atoms with E-state index in [4.69, 9.17) is 11.6 Å². The van der Waals surface area contributed by atoms with E-state index in [9.17, 15) is 4.39 Å². The highest BCUT2D eigenvalue weighted by Crippen LogP contribution is 2.33. The Bertz CT molecular complexity index is 663. The quantitative estimate of drug-likeness (QED) is 0.757. The van der Waals surface area contributed by atoms with Crippen molar-refractivity contribution in [1.82, 2.24) is 9.80 Å².